The van der Waals surface area contributed by atoms with Crippen molar-refractivity contribution in [3.8, 4) is 10.6 Å². The lowest BCUT2D eigenvalue weighted by Crippen LogP contribution is -2.37. The molecule has 0 aliphatic carbocycles. The second-order valence-electron chi connectivity index (χ2n) is 4.55. The molecule has 0 aliphatic heterocycles. The summed E-state index contributed by atoms with van der Waals surface area (Å²) in [6.45, 7) is 2.78. The van der Waals surface area contributed by atoms with Crippen LogP contribution in [0.15, 0.2) is 23.6 Å². The first kappa shape index (κ1) is 15.2. The lowest BCUT2D eigenvalue weighted by atomic mass is 10.3. The molecule has 0 aliphatic rings. The highest BCUT2D eigenvalue weighted by Gasteiger charge is 2.12. The zero-order valence-electron chi connectivity index (χ0n) is 11.7. The average molecular weight is 314 g/mol. The molecular formula is C12H18N4O2S2. The number of thiophene rings is 1. The predicted octanol–water partition coefficient (Wildman–Crippen LogP) is 1.32. The van der Waals surface area contributed by atoms with Gasteiger partial charge in [0.05, 0.1) is 11.4 Å². The quantitative estimate of drug-likeness (QED) is 0.874. The van der Waals surface area contributed by atoms with E-state index >= 15 is 0 Å². The van der Waals surface area contributed by atoms with E-state index in [9.17, 15) is 8.42 Å². The maximum absolute atomic E-state index is 11.6. The lowest BCUT2D eigenvalue weighted by molar-refractivity contribution is 0.496. The predicted molar refractivity (Wildman–Crippen MR) is 80.9 cm³/mol. The van der Waals surface area contributed by atoms with Crippen LogP contribution >= 0.6 is 11.3 Å². The topological polar surface area (TPSA) is 67.2 Å². The molecule has 6 nitrogen and oxygen atoms in total. The van der Waals surface area contributed by atoms with Crippen LogP contribution in [0.5, 0.6) is 0 Å². The fourth-order valence-corrected chi connectivity index (χ4v) is 2.98. The van der Waals surface area contributed by atoms with Crippen LogP contribution in [0.3, 0.4) is 0 Å². The van der Waals surface area contributed by atoms with E-state index < -0.39 is 10.2 Å². The van der Waals surface area contributed by atoms with Crippen molar-refractivity contribution in [2.45, 2.75) is 13.5 Å². The fourth-order valence-electron chi connectivity index (χ4n) is 1.69. The molecule has 0 saturated heterocycles. The summed E-state index contributed by atoms with van der Waals surface area (Å²) < 4.78 is 28.7. The second-order valence-corrected chi connectivity index (χ2v) is 7.47. The Labute approximate surface area is 123 Å². The molecule has 2 aromatic heterocycles. The van der Waals surface area contributed by atoms with Crippen molar-refractivity contribution >= 4 is 21.5 Å². The minimum Gasteiger partial charge on any atom is -0.268 e. The van der Waals surface area contributed by atoms with Crippen molar-refractivity contribution in [2.75, 3.05) is 20.6 Å². The van der Waals surface area contributed by atoms with Crippen molar-refractivity contribution in [1.29, 1.82) is 0 Å². The maximum atomic E-state index is 11.6. The monoisotopic (exact) mass is 314 g/mol. The van der Waals surface area contributed by atoms with Crippen molar-refractivity contribution in [2.24, 2.45) is 0 Å². The van der Waals surface area contributed by atoms with Crippen LogP contribution in [0.2, 0.25) is 0 Å². The van der Waals surface area contributed by atoms with Crippen LogP contribution in [0, 0.1) is 6.92 Å². The van der Waals surface area contributed by atoms with E-state index in [-0.39, 0.29) is 0 Å². The molecule has 0 saturated carbocycles. The summed E-state index contributed by atoms with van der Waals surface area (Å²) >= 11 is 1.64. The van der Waals surface area contributed by atoms with Crippen LogP contribution < -0.4 is 4.72 Å². The van der Waals surface area contributed by atoms with E-state index in [0.717, 1.165) is 20.6 Å². The highest BCUT2D eigenvalue weighted by Crippen LogP contribution is 2.23. The Bertz CT molecular complexity index is 660. The van der Waals surface area contributed by atoms with Gasteiger partial charge in [0.1, 0.15) is 5.69 Å². The zero-order chi connectivity index (χ0) is 14.8. The van der Waals surface area contributed by atoms with E-state index in [0.29, 0.717) is 13.1 Å². The Morgan fingerprint density at radius 3 is 2.80 bits per heavy atom. The van der Waals surface area contributed by atoms with Crippen LogP contribution in [0.1, 0.15) is 5.69 Å². The molecule has 0 unspecified atom stereocenters. The van der Waals surface area contributed by atoms with Crippen molar-refractivity contribution in [3.05, 3.63) is 29.3 Å². The number of hydrogen-bond donors (Lipinski definition) is 1. The number of nitrogens with zero attached hydrogens (tertiary/aromatic N) is 3. The largest absolute Gasteiger partial charge is 0.278 e. The first-order chi connectivity index (χ1) is 9.40. The molecule has 0 radical (unpaired) electrons. The van der Waals surface area contributed by atoms with Gasteiger partial charge in [-0.3, -0.25) is 4.68 Å². The van der Waals surface area contributed by atoms with Crippen LogP contribution in [0.25, 0.3) is 10.6 Å². The molecule has 1 N–H and O–H groups in total. The summed E-state index contributed by atoms with van der Waals surface area (Å²) in [7, 11) is -0.380. The van der Waals surface area contributed by atoms with Crippen molar-refractivity contribution in [1.82, 2.24) is 18.8 Å². The molecular weight excluding hydrogens is 296 g/mol. The van der Waals surface area contributed by atoms with Crippen molar-refractivity contribution < 1.29 is 8.42 Å². The third-order valence-electron chi connectivity index (χ3n) is 2.84. The highest BCUT2D eigenvalue weighted by molar-refractivity contribution is 7.87. The molecule has 0 bridgehead atoms. The Hall–Kier alpha value is -1.22. The lowest BCUT2D eigenvalue weighted by Gasteiger charge is -2.12. The zero-order valence-corrected chi connectivity index (χ0v) is 13.3. The van der Waals surface area contributed by atoms with Crippen LogP contribution in [-0.4, -0.2) is 43.1 Å². The minimum atomic E-state index is -3.37. The van der Waals surface area contributed by atoms with E-state index in [1.165, 1.54) is 14.1 Å². The third kappa shape index (κ3) is 3.45. The molecule has 2 rings (SSSR count). The summed E-state index contributed by atoms with van der Waals surface area (Å²) in [6, 6.07) is 6.01. The van der Waals surface area contributed by atoms with Gasteiger partial charge in [0.15, 0.2) is 0 Å². The Kier molecular flexibility index (Phi) is 4.59. The molecule has 0 fully saturated rings. The van der Waals surface area contributed by atoms with Gasteiger partial charge in [0, 0.05) is 26.3 Å². The summed E-state index contributed by atoms with van der Waals surface area (Å²) in [6.07, 6.45) is 0. The highest BCUT2D eigenvalue weighted by atomic mass is 32.2. The summed E-state index contributed by atoms with van der Waals surface area (Å²) in [5, 5.41) is 6.50. The first-order valence-electron chi connectivity index (χ1n) is 6.15. The summed E-state index contributed by atoms with van der Waals surface area (Å²) in [4.78, 5) is 1.11. The SMILES string of the molecule is Cc1cc(-c2cccs2)nn1CCNS(=O)(=O)N(C)C. The molecule has 2 heterocycles. The van der Waals surface area contributed by atoms with E-state index in [1.54, 1.807) is 11.3 Å². The van der Waals surface area contributed by atoms with Gasteiger partial charge < -0.3 is 0 Å². The van der Waals surface area contributed by atoms with Gasteiger partial charge in [-0.05, 0) is 24.4 Å². The second kappa shape index (κ2) is 6.04. The smallest absolute Gasteiger partial charge is 0.268 e. The first-order valence-corrected chi connectivity index (χ1v) is 8.47. The number of aryl methyl sites for hydroxylation is 1. The number of nitrogens with one attached hydrogen (secondary N) is 1. The van der Waals surface area contributed by atoms with Gasteiger partial charge in [0.2, 0.25) is 0 Å². The van der Waals surface area contributed by atoms with Gasteiger partial charge >= 0.3 is 0 Å². The summed E-state index contributed by atoms with van der Waals surface area (Å²) in [5.41, 5.74) is 1.94. The molecule has 110 valence electrons. The number of hydrogen-bond acceptors (Lipinski definition) is 4. The Morgan fingerprint density at radius 2 is 2.20 bits per heavy atom. The number of rotatable bonds is 6. The normalized spacial score (nSPS) is 12.2. The fraction of sp³-hybridized carbons (Fsp3) is 0.417. The summed E-state index contributed by atoms with van der Waals surface area (Å²) in [5.74, 6) is 0. The Morgan fingerprint density at radius 1 is 1.45 bits per heavy atom. The van der Waals surface area contributed by atoms with Crippen LogP contribution in [-0.2, 0) is 16.8 Å². The molecule has 8 heteroatoms. The molecule has 0 amide bonds. The Balaban J connectivity index is 2.01. The molecule has 0 atom stereocenters. The molecule has 20 heavy (non-hydrogen) atoms. The van der Waals surface area contributed by atoms with E-state index in [2.05, 4.69) is 9.82 Å². The standard InChI is InChI=1S/C12H18N4O2S2/c1-10-9-11(12-5-4-8-19-12)14-16(10)7-6-13-20(17,18)15(2)3/h4-5,8-9,13H,6-7H2,1-3H3. The van der Waals surface area contributed by atoms with Gasteiger partial charge in [0.25, 0.3) is 10.2 Å². The van der Waals surface area contributed by atoms with E-state index in [4.69, 9.17) is 0 Å². The van der Waals surface area contributed by atoms with Gasteiger partial charge in [-0.25, -0.2) is 4.72 Å². The van der Waals surface area contributed by atoms with Crippen molar-refractivity contribution in [3.63, 3.8) is 0 Å². The molecule has 0 aromatic carbocycles. The van der Waals surface area contributed by atoms with Crippen LogP contribution in [0.4, 0.5) is 0 Å². The minimum absolute atomic E-state index is 0.312. The molecule has 0 spiro atoms. The average Bonchev–Trinajstić information content (AvgIpc) is 2.99. The number of aromatic nitrogens is 2. The molecule has 2 aromatic rings. The van der Waals surface area contributed by atoms with E-state index in [1.807, 2.05) is 35.2 Å². The van der Waals surface area contributed by atoms with Gasteiger partial charge in [-0.1, -0.05) is 6.07 Å². The maximum Gasteiger partial charge on any atom is 0.278 e. The third-order valence-corrected chi connectivity index (χ3v) is 5.27. The van der Waals surface area contributed by atoms with Gasteiger partial charge in [-0.2, -0.15) is 17.8 Å². The van der Waals surface area contributed by atoms with Gasteiger partial charge in [-0.15, -0.1) is 11.3 Å².